The van der Waals surface area contributed by atoms with E-state index in [1.165, 1.54) is 16.4 Å². The zero-order chi connectivity index (χ0) is 21.8. The largest absolute Gasteiger partial charge is 0.454 e. The highest BCUT2D eigenvalue weighted by Crippen LogP contribution is 2.22. The van der Waals surface area contributed by atoms with Crippen molar-refractivity contribution in [1.29, 1.82) is 0 Å². The molecule has 0 N–H and O–H groups in total. The molecule has 0 aliphatic carbocycles. The molecule has 0 unspecified atom stereocenters. The number of nitrogens with zero attached hydrogens (tertiary/aromatic N) is 1. The molecule has 6 nitrogen and oxygen atoms in total. The Morgan fingerprint density at radius 2 is 1.45 bits per heavy atom. The topological polar surface area (TPSA) is 80.8 Å². The minimum Gasteiger partial charge on any atom is -0.454 e. The van der Waals surface area contributed by atoms with E-state index in [0.717, 1.165) is 11.1 Å². The number of aryl methyl sites for hydroxylation is 3. The lowest BCUT2D eigenvalue weighted by atomic mass is 10.0. The maximum absolute atomic E-state index is 12.8. The maximum Gasteiger partial charge on any atom is 0.338 e. The van der Waals surface area contributed by atoms with E-state index in [4.69, 9.17) is 4.74 Å². The summed E-state index contributed by atoms with van der Waals surface area (Å²) in [5.41, 5.74) is 3.15. The van der Waals surface area contributed by atoms with Crippen LogP contribution < -0.4 is 0 Å². The molecule has 0 heterocycles. The van der Waals surface area contributed by atoms with Gasteiger partial charge in [0.05, 0.1) is 10.5 Å². The lowest BCUT2D eigenvalue weighted by Gasteiger charge is -2.20. The van der Waals surface area contributed by atoms with Crippen LogP contribution in [0.2, 0.25) is 0 Å². The summed E-state index contributed by atoms with van der Waals surface area (Å²) < 4.78 is 32.1. The number of Topliss-reactive ketones (excluding diaryl/α,β-unsaturated/α-hetero) is 1. The molecule has 29 heavy (non-hydrogen) atoms. The second-order valence-corrected chi connectivity index (χ2v) is 8.77. The molecule has 156 valence electrons. The van der Waals surface area contributed by atoms with Crippen molar-refractivity contribution in [2.75, 3.05) is 19.7 Å². The second-order valence-electron chi connectivity index (χ2n) is 6.87. The van der Waals surface area contributed by atoms with Crippen molar-refractivity contribution in [3.8, 4) is 0 Å². The minimum absolute atomic E-state index is 0.0659. The van der Waals surface area contributed by atoms with Crippen LogP contribution in [0, 0.1) is 20.8 Å². The van der Waals surface area contributed by atoms with Crippen molar-refractivity contribution in [2.24, 2.45) is 0 Å². The smallest absolute Gasteiger partial charge is 0.338 e. The van der Waals surface area contributed by atoms with E-state index in [2.05, 4.69) is 0 Å². The molecular formula is C22H27NO5S. The number of esters is 1. The van der Waals surface area contributed by atoms with Gasteiger partial charge in [-0.3, -0.25) is 4.79 Å². The van der Waals surface area contributed by atoms with Gasteiger partial charge >= 0.3 is 5.97 Å². The molecule has 0 saturated carbocycles. The number of carbonyl (C=O) groups is 2. The Bertz CT molecular complexity index is 1020. The quantitative estimate of drug-likeness (QED) is 0.483. The summed E-state index contributed by atoms with van der Waals surface area (Å²) in [5, 5.41) is 0. The normalized spacial score (nSPS) is 11.5. The van der Waals surface area contributed by atoms with Crippen LogP contribution in [0.1, 0.15) is 51.3 Å². The standard InChI is InChI=1S/C22H27NO5S/c1-6-23(7-2)29(26,27)21-13-19(11-9-16(21)4)22(25)28-14-20(24)18-10-8-15(3)17(5)12-18/h8-13H,6-7,14H2,1-5H3. The van der Waals surface area contributed by atoms with Crippen LogP contribution in [0.15, 0.2) is 41.3 Å². The average molecular weight is 418 g/mol. The molecule has 0 fully saturated rings. The summed E-state index contributed by atoms with van der Waals surface area (Å²) >= 11 is 0. The molecule has 2 aromatic rings. The summed E-state index contributed by atoms with van der Waals surface area (Å²) in [7, 11) is -3.71. The summed E-state index contributed by atoms with van der Waals surface area (Å²) in [6, 6.07) is 9.67. The number of ketones is 1. The van der Waals surface area contributed by atoms with Gasteiger partial charge in [-0.2, -0.15) is 4.31 Å². The van der Waals surface area contributed by atoms with Crippen LogP contribution in [-0.2, 0) is 14.8 Å². The van der Waals surface area contributed by atoms with Crippen molar-refractivity contribution in [3.05, 3.63) is 64.2 Å². The highest BCUT2D eigenvalue weighted by atomic mass is 32.2. The van der Waals surface area contributed by atoms with Crippen molar-refractivity contribution in [2.45, 2.75) is 39.5 Å². The van der Waals surface area contributed by atoms with Crippen LogP contribution in [0.3, 0.4) is 0 Å². The summed E-state index contributed by atoms with van der Waals surface area (Å²) in [6.07, 6.45) is 0. The highest BCUT2D eigenvalue weighted by Gasteiger charge is 2.25. The Morgan fingerprint density at radius 3 is 2.03 bits per heavy atom. The molecule has 7 heteroatoms. The Kier molecular flexibility index (Phi) is 7.32. The van der Waals surface area contributed by atoms with E-state index < -0.39 is 22.6 Å². The first kappa shape index (κ1) is 22.8. The van der Waals surface area contributed by atoms with Crippen molar-refractivity contribution < 1.29 is 22.7 Å². The molecule has 0 saturated heterocycles. The second kappa shape index (κ2) is 9.33. The van der Waals surface area contributed by atoms with Gasteiger partial charge in [0.15, 0.2) is 12.4 Å². The third-order valence-corrected chi connectivity index (χ3v) is 7.10. The summed E-state index contributed by atoms with van der Waals surface area (Å²) in [5.74, 6) is -1.05. The number of hydrogen-bond acceptors (Lipinski definition) is 5. The number of rotatable bonds is 8. The number of sulfonamides is 1. The van der Waals surface area contributed by atoms with Gasteiger partial charge in [0.25, 0.3) is 0 Å². The number of benzene rings is 2. The predicted octanol–water partition coefficient (Wildman–Crippen LogP) is 3.68. The fourth-order valence-electron chi connectivity index (χ4n) is 2.92. The lowest BCUT2D eigenvalue weighted by Crippen LogP contribution is -2.31. The molecule has 0 atom stereocenters. The van der Waals surface area contributed by atoms with E-state index in [1.807, 2.05) is 19.9 Å². The number of hydrogen-bond donors (Lipinski definition) is 0. The lowest BCUT2D eigenvalue weighted by molar-refractivity contribution is 0.0474. The third-order valence-electron chi connectivity index (χ3n) is 4.91. The molecule has 0 amide bonds. The first-order chi connectivity index (χ1) is 13.6. The summed E-state index contributed by atoms with van der Waals surface area (Å²) in [4.78, 5) is 24.8. The van der Waals surface area contributed by atoms with E-state index >= 15 is 0 Å². The fourth-order valence-corrected chi connectivity index (χ4v) is 4.63. The van der Waals surface area contributed by atoms with E-state index in [-0.39, 0.29) is 16.2 Å². The van der Waals surface area contributed by atoms with Crippen LogP contribution in [0.25, 0.3) is 0 Å². The van der Waals surface area contributed by atoms with Crippen LogP contribution in [0.4, 0.5) is 0 Å². The Labute approximate surface area is 172 Å². The predicted molar refractivity (Wildman–Crippen MR) is 112 cm³/mol. The first-order valence-corrected chi connectivity index (χ1v) is 10.9. The minimum atomic E-state index is -3.71. The van der Waals surface area contributed by atoms with Gasteiger partial charge in [-0.15, -0.1) is 0 Å². The molecule has 0 bridgehead atoms. The average Bonchev–Trinajstić information content (AvgIpc) is 2.68. The molecule has 0 aliphatic heterocycles. The van der Waals surface area contributed by atoms with E-state index in [0.29, 0.717) is 24.2 Å². The van der Waals surface area contributed by atoms with Gasteiger partial charge in [-0.1, -0.05) is 32.0 Å². The Balaban J connectivity index is 2.19. The highest BCUT2D eigenvalue weighted by molar-refractivity contribution is 7.89. The number of ether oxygens (including phenoxy) is 1. The molecular weight excluding hydrogens is 390 g/mol. The van der Waals surface area contributed by atoms with Gasteiger partial charge < -0.3 is 4.74 Å². The van der Waals surface area contributed by atoms with Gasteiger partial charge in [0.1, 0.15) is 0 Å². The summed E-state index contributed by atoms with van der Waals surface area (Å²) in [6.45, 7) is 9.30. The van der Waals surface area contributed by atoms with Gasteiger partial charge in [0, 0.05) is 18.7 Å². The molecule has 2 aromatic carbocycles. The van der Waals surface area contributed by atoms with Crippen molar-refractivity contribution >= 4 is 21.8 Å². The Hall–Kier alpha value is -2.51. The maximum atomic E-state index is 12.8. The zero-order valence-electron chi connectivity index (χ0n) is 17.5. The first-order valence-electron chi connectivity index (χ1n) is 9.50. The van der Waals surface area contributed by atoms with Crippen molar-refractivity contribution in [3.63, 3.8) is 0 Å². The molecule has 0 aliphatic rings. The van der Waals surface area contributed by atoms with Gasteiger partial charge in [-0.25, -0.2) is 13.2 Å². The van der Waals surface area contributed by atoms with Crippen LogP contribution in [-0.4, -0.2) is 44.2 Å². The number of carbonyl (C=O) groups excluding carboxylic acids is 2. The van der Waals surface area contributed by atoms with E-state index in [9.17, 15) is 18.0 Å². The SMILES string of the molecule is CCN(CC)S(=O)(=O)c1cc(C(=O)OCC(=O)c2ccc(C)c(C)c2)ccc1C. The zero-order valence-corrected chi connectivity index (χ0v) is 18.3. The van der Waals surface area contributed by atoms with E-state index in [1.54, 1.807) is 39.0 Å². The molecule has 2 rings (SSSR count). The molecule has 0 aromatic heterocycles. The van der Waals surface area contributed by atoms with Crippen LogP contribution >= 0.6 is 0 Å². The van der Waals surface area contributed by atoms with Crippen molar-refractivity contribution in [1.82, 2.24) is 4.31 Å². The van der Waals surface area contributed by atoms with Crippen LogP contribution in [0.5, 0.6) is 0 Å². The Morgan fingerprint density at radius 1 is 0.862 bits per heavy atom. The third kappa shape index (κ3) is 5.10. The van der Waals surface area contributed by atoms with Gasteiger partial charge in [-0.05, 0) is 55.7 Å². The van der Waals surface area contributed by atoms with Gasteiger partial charge in [0.2, 0.25) is 10.0 Å². The fraction of sp³-hybridized carbons (Fsp3) is 0.364. The molecule has 0 radical (unpaired) electrons. The molecule has 0 spiro atoms. The monoisotopic (exact) mass is 417 g/mol.